The average molecular weight is 211 g/mol. The number of aliphatic hydroxyl groups excluding tert-OH is 1. The zero-order chi connectivity index (χ0) is 11.1. The first-order valence-electron chi connectivity index (χ1n) is 6.30. The molecule has 2 nitrogen and oxygen atoms in total. The number of unbranched alkanes of at least 4 members (excludes halogenated alkanes) is 1. The van der Waals surface area contributed by atoms with Crippen LogP contribution in [0.25, 0.3) is 0 Å². The van der Waals surface area contributed by atoms with Crippen LogP contribution in [0.15, 0.2) is 11.6 Å². The van der Waals surface area contributed by atoms with Gasteiger partial charge in [0.05, 0.1) is 6.10 Å². The molecule has 1 atom stereocenters. The molecule has 88 valence electrons. The first-order valence-corrected chi connectivity index (χ1v) is 6.30. The summed E-state index contributed by atoms with van der Waals surface area (Å²) in [5, 5.41) is 9.25. The van der Waals surface area contributed by atoms with Crippen LogP contribution in [0.1, 0.15) is 46.0 Å². The van der Waals surface area contributed by atoms with Crippen LogP contribution >= 0.6 is 0 Å². The molecule has 0 radical (unpaired) electrons. The Labute approximate surface area is 94.0 Å². The van der Waals surface area contributed by atoms with Crippen LogP contribution in [0.4, 0.5) is 0 Å². The number of rotatable bonds is 6. The van der Waals surface area contributed by atoms with E-state index >= 15 is 0 Å². The van der Waals surface area contributed by atoms with Gasteiger partial charge < -0.3 is 5.11 Å². The Balaban J connectivity index is 2.24. The Hall–Kier alpha value is -0.340. The first-order chi connectivity index (χ1) is 7.22. The summed E-state index contributed by atoms with van der Waals surface area (Å²) in [5.74, 6) is 0. The largest absolute Gasteiger partial charge is 0.393 e. The van der Waals surface area contributed by atoms with Crippen LogP contribution in [0.5, 0.6) is 0 Å². The maximum absolute atomic E-state index is 9.25. The second kappa shape index (κ2) is 7.02. The van der Waals surface area contributed by atoms with Gasteiger partial charge in [0, 0.05) is 13.1 Å². The predicted octanol–water partition coefficient (Wildman–Crippen LogP) is 2.58. The van der Waals surface area contributed by atoms with Crippen molar-refractivity contribution in [2.45, 2.75) is 52.1 Å². The molecule has 1 heterocycles. The number of aliphatic hydroxyl groups is 1. The van der Waals surface area contributed by atoms with Crippen LogP contribution < -0.4 is 0 Å². The maximum atomic E-state index is 9.25. The van der Waals surface area contributed by atoms with Crippen molar-refractivity contribution < 1.29 is 5.11 Å². The molecule has 0 spiro atoms. The van der Waals surface area contributed by atoms with E-state index in [1.165, 1.54) is 37.9 Å². The van der Waals surface area contributed by atoms with Crippen molar-refractivity contribution in [1.29, 1.82) is 0 Å². The molecule has 0 aromatic rings. The van der Waals surface area contributed by atoms with Gasteiger partial charge >= 0.3 is 0 Å². The molecule has 0 saturated heterocycles. The minimum atomic E-state index is -0.156. The SMILES string of the molecule is CCCCN1CCC=C(CCC(C)O)C1. The van der Waals surface area contributed by atoms with Crippen LogP contribution in [0, 0.1) is 0 Å². The molecule has 1 aliphatic heterocycles. The molecular formula is C13H25NO. The van der Waals surface area contributed by atoms with Gasteiger partial charge in [0.1, 0.15) is 0 Å². The highest BCUT2D eigenvalue weighted by Crippen LogP contribution is 2.16. The van der Waals surface area contributed by atoms with Gasteiger partial charge in [0.25, 0.3) is 0 Å². The Morgan fingerprint density at radius 1 is 1.53 bits per heavy atom. The third-order valence-corrected chi connectivity index (χ3v) is 3.02. The van der Waals surface area contributed by atoms with E-state index in [2.05, 4.69) is 17.9 Å². The van der Waals surface area contributed by atoms with E-state index in [1.54, 1.807) is 0 Å². The van der Waals surface area contributed by atoms with Crippen molar-refractivity contribution in [2.24, 2.45) is 0 Å². The van der Waals surface area contributed by atoms with Crippen molar-refractivity contribution in [3.8, 4) is 0 Å². The van der Waals surface area contributed by atoms with E-state index in [0.717, 1.165) is 19.4 Å². The zero-order valence-electron chi connectivity index (χ0n) is 10.2. The highest BCUT2D eigenvalue weighted by atomic mass is 16.3. The van der Waals surface area contributed by atoms with Gasteiger partial charge in [-0.3, -0.25) is 4.90 Å². The molecule has 0 amide bonds. The highest BCUT2D eigenvalue weighted by Gasteiger charge is 2.12. The fourth-order valence-corrected chi connectivity index (χ4v) is 2.03. The average Bonchev–Trinajstić information content (AvgIpc) is 2.24. The van der Waals surface area contributed by atoms with Gasteiger partial charge in [-0.05, 0) is 39.2 Å². The summed E-state index contributed by atoms with van der Waals surface area (Å²) in [4.78, 5) is 2.54. The van der Waals surface area contributed by atoms with Gasteiger partial charge in [0.15, 0.2) is 0 Å². The van der Waals surface area contributed by atoms with E-state index in [0.29, 0.717) is 0 Å². The number of hydrogen-bond acceptors (Lipinski definition) is 2. The first kappa shape index (κ1) is 12.7. The molecular weight excluding hydrogens is 186 g/mol. The summed E-state index contributed by atoms with van der Waals surface area (Å²) in [6.45, 7) is 7.71. The quantitative estimate of drug-likeness (QED) is 0.683. The predicted molar refractivity (Wildman–Crippen MR) is 65.0 cm³/mol. The van der Waals surface area contributed by atoms with Gasteiger partial charge in [0.2, 0.25) is 0 Å². The smallest absolute Gasteiger partial charge is 0.0515 e. The van der Waals surface area contributed by atoms with Crippen LogP contribution in [-0.2, 0) is 0 Å². The topological polar surface area (TPSA) is 23.5 Å². The normalized spacial score (nSPS) is 20.1. The van der Waals surface area contributed by atoms with E-state index in [-0.39, 0.29) is 6.10 Å². The molecule has 0 aliphatic carbocycles. The third kappa shape index (κ3) is 5.33. The molecule has 2 heteroatoms. The summed E-state index contributed by atoms with van der Waals surface area (Å²) in [6, 6.07) is 0. The summed E-state index contributed by atoms with van der Waals surface area (Å²) in [6.07, 6.45) is 7.97. The summed E-state index contributed by atoms with van der Waals surface area (Å²) in [5.41, 5.74) is 1.53. The van der Waals surface area contributed by atoms with Crippen molar-refractivity contribution in [3.05, 3.63) is 11.6 Å². The van der Waals surface area contributed by atoms with Crippen LogP contribution in [0.2, 0.25) is 0 Å². The maximum Gasteiger partial charge on any atom is 0.0515 e. The third-order valence-electron chi connectivity index (χ3n) is 3.02. The monoisotopic (exact) mass is 211 g/mol. The van der Waals surface area contributed by atoms with E-state index < -0.39 is 0 Å². The molecule has 1 unspecified atom stereocenters. The van der Waals surface area contributed by atoms with Gasteiger partial charge in [-0.1, -0.05) is 25.0 Å². The molecule has 15 heavy (non-hydrogen) atoms. The molecule has 0 saturated carbocycles. The van der Waals surface area contributed by atoms with E-state index in [9.17, 15) is 5.11 Å². The van der Waals surface area contributed by atoms with Crippen LogP contribution in [-0.4, -0.2) is 35.7 Å². The van der Waals surface area contributed by atoms with Crippen molar-refractivity contribution >= 4 is 0 Å². The van der Waals surface area contributed by atoms with Crippen molar-refractivity contribution in [2.75, 3.05) is 19.6 Å². The summed E-state index contributed by atoms with van der Waals surface area (Å²) < 4.78 is 0. The lowest BCUT2D eigenvalue weighted by Crippen LogP contribution is -2.31. The number of hydrogen-bond donors (Lipinski definition) is 1. The fraction of sp³-hybridized carbons (Fsp3) is 0.846. The standard InChI is InChI=1S/C13H25NO/c1-3-4-9-14-10-5-6-13(11-14)8-7-12(2)15/h6,12,15H,3-5,7-11H2,1-2H3. The van der Waals surface area contributed by atoms with Crippen LogP contribution in [0.3, 0.4) is 0 Å². The molecule has 0 fully saturated rings. The lowest BCUT2D eigenvalue weighted by Gasteiger charge is -2.27. The minimum absolute atomic E-state index is 0.156. The van der Waals surface area contributed by atoms with Gasteiger partial charge in [-0.25, -0.2) is 0 Å². The summed E-state index contributed by atoms with van der Waals surface area (Å²) >= 11 is 0. The highest BCUT2D eigenvalue weighted by molar-refractivity contribution is 5.08. The molecule has 1 aliphatic rings. The zero-order valence-corrected chi connectivity index (χ0v) is 10.2. The molecule has 1 rings (SSSR count). The Morgan fingerprint density at radius 3 is 3.00 bits per heavy atom. The summed E-state index contributed by atoms with van der Waals surface area (Å²) in [7, 11) is 0. The van der Waals surface area contributed by atoms with Gasteiger partial charge in [-0.2, -0.15) is 0 Å². The second-order valence-corrected chi connectivity index (χ2v) is 4.67. The van der Waals surface area contributed by atoms with Crippen molar-refractivity contribution in [3.63, 3.8) is 0 Å². The van der Waals surface area contributed by atoms with E-state index in [1.807, 2.05) is 6.92 Å². The molecule has 1 N–H and O–H groups in total. The lowest BCUT2D eigenvalue weighted by molar-refractivity contribution is 0.182. The van der Waals surface area contributed by atoms with E-state index in [4.69, 9.17) is 0 Å². The Morgan fingerprint density at radius 2 is 2.33 bits per heavy atom. The fourth-order valence-electron chi connectivity index (χ4n) is 2.03. The number of nitrogens with zero attached hydrogens (tertiary/aromatic N) is 1. The molecule has 0 aromatic carbocycles. The lowest BCUT2D eigenvalue weighted by atomic mass is 10.0. The second-order valence-electron chi connectivity index (χ2n) is 4.67. The molecule has 0 bridgehead atoms. The minimum Gasteiger partial charge on any atom is -0.393 e. The Bertz CT molecular complexity index is 199. The van der Waals surface area contributed by atoms with Gasteiger partial charge in [-0.15, -0.1) is 0 Å². The van der Waals surface area contributed by atoms with Crippen molar-refractivity contribution in [1.82, 2.24) is 4.90 Å². The molecule has 0 aromatic heterocycles. The Kier molecular flexibility index (Phi) is 5.96.